The zero-order chi connectivity index (χ0) is 15.8. The van der Waals surface area contributed by atoms with Crippen molar-refractivity contribution in [3.63, 3.8) is 0 Å². The molecule has 0 aliphatic rings. The van der Waals surface area contributed by atoms with Crippen LogP contribution in [0.3, 0.4) is 0 Å². The summed E-state index contributed by atoms with van der Waals surface area (Å²) in [5.41, 5.74) is 2.27. The summed E-state index contributed by atoms with van der Waals surface area (Å²) in [6.45, 7) is 4.15. The van der Waals surface area contributed by atoms with Crippen molar-refractivity contribution in [3.05, 3.63) is 59.4 Å². The monoisotopic (exact) mass is 303 g/mol. The van der Waals surface area contributed by atoms with Crippen LogP contribution in [0.15, 0.2) is 42.5 Å². The normalized spacial score (nSPS) is 10.5. The average Bonchev–Trinajstić information content (AvgIpc) is 2.54. The summed E-state index contributed by atoms with van der Waals surface area (Å²) in [6.07, 6.45) is 0.870. The summed E-state index contributed by atoms with van der Waals surface area (Å²) < 4.78 is 23.7. The smallest absolute Gasteiger partial charge is 0.161 e. The van der Waals surface area contributed by atoms with E-state index in [1.54, 1.807) is 7.11 Å². The summed E-state index contributed by atoms with van der Waals surface area (Å²) in [4.78, 5) is 0. The number of methoxy groups -OCH3 is 1. The zero-order valence-electron chi connectivity index (χ0n) is 13.1. The predicted octanol–water partition coefficient (Wildman–Crippen LogP) is 3.57. The fraction of sp³-hybridized carbons (Fsp3) is 0.333. The maximum atomic E-state index is 12.8. The number of hydrogen-bond donors (Lipinski definition) is 1. The number of halogens is 1. The lowest BCUT2D eigenvalue weighted by molar-refractivity contribution is 0.310. The van der Waals surface area contributed by atoms with E-state index in [0.29, 0.717) is 6.61 Å². The Morgan fingerprint density at radius 2 is 1.73 bits per heavy atom. The van der Waals surface area contributed by atoms with Gasteiger partial charge in [0, 0.05) is 6.54 Å². The molecular formula is C18H22FNO2. The minimum absolute atomic E-state index is 0.196. The predicted molar refractivity (Wildman–Crippen MR) is 86.0 cm³/mol. The Labute approximate surface area is 131 Å². The van der Waals surface area contributed by atoms with Gasteiger partial charge in [0.1, 0.15) is 5.82 Å². The fourth-order valence-electron chi connectivity index (χ4n) is 2.22. The van der Waals surface area contributed by atoms with Gasteiger partial charge in [-0.1, -0.05) is 18.2 Å². The highest BCUT2D eigenvalue weighted by molar-refractivity contribution is 5.42. The van der Waals surface area contributed by atoms with E-state index in [1.165, 1.54) is 12.1 Å². The maximum absolute atomic E-state index is 12.8. The molecule has 0 amide bonds. The quantitative estimate of drug-likeness (QED) is 0.756. The van der Waals surface area contributed by atoms with E-state index in [4.69, 9.17) is 9.47 Å². The first kappa shape index (κ1) is 16.3. The number of rotatable bonds is 8. The Balaban J connectivity index is 1.83. The number of benzene rings is 2. The van der Waals surface area contributed by atoms with Crippen LogP contribution >= 0.6 is 0 Å². The molecule has 22 heavy (non-hydrogen) atoms. The second-order valence-electron chi connectivity index (χ2n) is 4.97. The number of hydrogen-bond acceptors (Lipinski definition) is 3. The van der Waals surface area contributed by atoms with Crippen molar-refractivity contribution in [2.75, 3.05) is 20.3 Å². The van der Waals surface area contributed by atoms with Crippen LogP contribution in [0, 0.1) is 5.82 Å². The van der Waals surface area contributed by atoms with E-state index in [9.17, 15) is 4.39 Å². The summed E-state index contributed by atoms with van der Waals surface area (Å²) in [5, 5.41) is 3.38. The molecule has 0 aromatic heterocycles. The Morgan fingerprint density at radius 1 is 1.00 bits per heavy atom. The second kappa shape index (κ2) is 8.39. The molecule has 0 aliphatic carbocycles. The van der Waals surface area contributed by atoms with Crippen LogP contribution in [0.5, 0.6) is 11.5 Å². The molecule has 0 radical (unpaired) electrons. The molecule has 0 saturated carbocycles. The molecule has 0 aliphatic heterocycles. The second-order valence-corrected chi connectivity index (χ2v) is 4.97. The minimum Gasteiger partial charge on any atom is -0.493 e. The highest BCUT2D eigenvalue weighted by Gasteiger charge is 2.05. The molecule has 0 atom stereocenters. The molecule has 0 fully saturated rings. The first-order valence-electron chi connectivity index (χ1n) is 7.47. The standard InChI is InChI=1S/C18H22FNO2/c1-3-22-18-12-15(6-9-17(18)21-2)13-20-11-10-14-4-7-16(19)8-5-14/h4-9,12,20H,3,10-11,13H2,1-2H3. The van der Waals surface area contributed by atoms with Crippen LogP contribution in [0.25, 0.3) is 0 Å². The molecular weight excluding hydrogens is 281 g/mol. The van der Waals surface area contributed by atoms with Crippen molar-refractivity contribution < 1.29 is 13.9 Å². The van der Waals surface area contributed by atoms with Crippen LogP contribution in [-0.2, 0) is 13.0 Å². The van der Waals surface area contributed by atoms with Crippen LogP contribution in [-0.4, -0.2) is 20.3 Å². The van der Waals surface area contributed by atoms with E-state index in [-0.39, 0.29) is 5.82 Å². The first-order chi connectivity index (χ1) is 10.7. The summed E-state index contributed by atoms with van der Waals surface area (Å²) >= 11 is 0. The third-order valence-corrected chi connectivity index (χ3v) is 3.36. The van der Waals surface area contributed by atoms with Gasteiger partial charge in [0.25, 0.3) is 0 Å². The summed E-state index contributed by atoms with van der Waals surface area (Å²) in [7, 11) is 1.64. The summed E-state index contributed by atoms with van der Waals surface area (Å²) in [6, 6.07) is 12.6. The van der Waals surface area contributed by atoms with Gasteiger partial charge in [-0.15, -0.1) is 0 Å². The van der Waals surface area contributed by atoms with E-state index in [1.807, 2.05) is 37.3 Å². The highest BCUT2D eigenvalue weighted by atomic mass is 19.1. The third-order valence-electron chi connectivity index (χ3n) is 3.36. The lowest BCUT2D eigenvalue weighted by Gasteiger charge is -2.11. The van der Waals surface area contributed by atoms with Crippen molar-refractivity contribution in [1.82, 2.24) is 5.32 Å². The molecule has 0 heterocycles. The number of ether oxygens (including phenoxy) is 2. The summed E-state index contributed by atoms with van der Waals surface area (Å²) in [5.74, 6) is 1.32. The van der Waals surface area contributed by atoms with Gasteiger partial charge in [-0.25, -0.2) is 4.39 Å². The van der Waals surface area contributed by atoms with Crippen molar-refractivity contribution in [1.29, 1.82) is 0 Å². The zero-order valence-corrected chi connectivity index (χ0v) is 13.1. The third kappa shape index (κ3) is 4.74. The van der Waals surface area contributed by atoms with Crippen LogP contribution < -0.4 is 14.8 Å². The Kier molecular flexibility index (Phi) is 6.22. The van der Waals surface area contributed by atoms with Crippen molar-refractivity contribution in [3.8, 4) is 11.5 Å². The Bertz CT molecular complexity index is 584. The van der Waals surface area contributed by atoms with E-state index in [0.717, 1.165) is 42.1 Å². The maximum Gasteiger partial charge on any atom is 0.161 e. The van der Waals surface area contributed by atoms with Crippen molar-refractivity contribution >= 4 is 0 Å². The topological polar surface area (TPSA) is 30.5 Å². The van der Waals surface area contributed by atoms with E-state index < -0.39 is 0 Å². The van der Waals surface area contributed by atoms with Gasteiger partial charge in [-0.05, 0) is 55.3 Å². The van der Waals surface area contributed by atoms with Crippen LogP contribution in [0.1, 0.15) is 18.1 Å². The average molecular weight is 303 g/mol. The molecule has 2 aromatic rings. The van der Waals surface area contributed by atoms with Crippen molar-refractivity contribution in [2.45, 2.75) is 19.9 Å². The minimum atomic E-state index is -0.196. The van der Waals surface area contributed by atoms with Crippen molar-refractivity contribution in [2.24, 2.45) is 0 Å². The molecule has 118 valence electrons. The van der Waals surface area contributed by atoms with Gasteiger partial charge in [0.15, 0.2) is 11.5 Å². The first-order valence-corrected chi connectivity index (χ1v) is 7.47. The molecule has 0 spiro atoms. The van der Waals surface area contributed by atoms with Crippen LogP contribution in [0.4, 0.5) is 4.39 Å². The lowest BCUT2D eigenvalue weighted by Crippen LogP contribution is -2.16. The lowest BCUT2D eigenvalue weighted by atomic mass is 10.1. The molecule has 1 N–H and O–H groups in total. The van der Waals surface area contributed by atoms with E-state index in [2.05, 4.69) is 5.32 Å². The van der Waals surface area contributed by atoms with Gasteiger partial charge in [-0.2, -0.15) is 0 Å². The van der Waals surface area contributed by atoms with Gasteiger partial charge in [0.2, 0.25) is 0 Å². The molecule has 0 unspecified atom stereocenters. The van der Waals surface area contributed by atoms with Gasteiger partial charge < -0.3 is 14.8 Å². The Hall–Kier alpha value is -2.07. The molecule has 3 nitrogen and oxygen atoms in total. The number of nitrogens with one attached hydrogen (secondary N) is 1. The van der Waals surface area contributed by atoms with Gasteiger partial charge in [0.05, 0.1) is 13.7 Å². The fourth-order valence-corrected chi connectivity index (χ4v) is 2.22. The molecule has 0 bridgehead atoms. The molecule has 2 aromatic carbocycles. The largest absolute Gasteiger partial charge is 0.493 e. The van der Waals surface area contributed by atoms with Crippen LogP contribution in [0.2, 0.25) is 0 Å². The molecule has 2 rings (SSSR count). The highest BCUT2D eigenvalue weighted by Crippen LogP contribution is 2.27. The Morgan fingerprint density at radius 3 is 2.41 bits per heavy atom. The molecule has 4 heteroatoms. The van der Waals surface area contributed by atoms with Gasteiger partial charge in [-0.3, -0.25) is 0 Å². The van der Waals surface area contributed by atoms with E-state index >= 15 is 0 Å². The SMILES string of the molecule is CCOc1cc(CNCCc2ccc(F)cc2)ccc1OC. The van der Waals surface area contributed by atoms with Gasteiger partial charge >= 0.3 is 0 Å². The molecule has 0 saturated heterocycles.